The normalized spacial score (nSPS) is 31.6. The van der Waals surface area contributed by atoms with Crippen LogP contribution in [0.4, 0.5) is 0 Å². The Hall–Kier alpha value is -1.71. The minimum atomic E-state index is -1.53. The summed E-state index contributed by atoms with van der Waals surface area (Å²) in [5.41, 5.74) is 0.373. The lowest BCUT2D eigenvalue weighted by Gasteiger charge is -2.39. The van der Waals surface area contributed by atoms with Crippen LogP contribution in [-0.4, -0.2) is 71.1 Å². The zero-order valence-electron chi connectivity index (χ0n) is 11.8. The first-order valence-corrected chi connectivity index (χ1v) is 6.62. The van der Waals surface area contributed by atoms with Crippen LogP contribution in [0.3, 0.4) is 0 Å². The molecule has 5 atom stereocenters. The third-order valence-electron chi connectivity index (χ3n) is 3.42. The van der Waals surface area contributed by atoms with Gasteiger partial charge in [-0.1, -0.05) is 0 Å². The van der Waals surface area contributed by atoms with Crippen LogP contribution >= 0.6 is 0 Å². The van der Waals surface area contributed by atoms with Crippen LogP contribution in [0.1, 0.15) is 10.4 Å². The quantitative estimate of drug-likeness (QED) is 0.493. The number of aliphatic hydroxyl groups is 4. The van der Waals surface area contributed by atoms with E-state index in [1.54, 1.807) is 0 Å². The molecule has 4 N–H and O–H groups in total. The van der Waals surface area contributed by atoms with E-state index in [2.05, 4.69) is 0 Å². The van der Waals surface area contributed by atoms with E-state index in [4.69, 9.17) is 19.3 Å². The second-order valence-electron chi connectivity index (χ2n) is 4.84. The largest absolute Gasteiger partial charge is 0.493 e. The molecular formula is C14H18O8. The lowest BCUT2D eigenvalue weighted by Crippen LogP contribution is -2.60. The number of hydrogen-bond acceptors (Lipinski definition) is 8. The van der Waals surface area contributed by atoms with Gasteiger partial charge in [0.2, 0.25) is 6.29 Å². The van der Waals surface area contributed by atoms with Crippen molar-refractivity contribution in [3.8, 4) is 11.5 Å². The fourth-order valence-electron chi connectivity index (χ4n) is 2.14. The number of benzene rings is 1. The fourth-order valence-corrected chi connectivity index (χ4v) is 2.14. The van der Waals surface area contributed by atoms with Crippen LogP contribution in [0.15, 0.2) is 18.2 Å². The molecule has 8 heteroatoms. The Morgan fingerprint density at radius 3 is 2.50 bits per heavy atom. The molecule has 1 aromatic rings. The molecule has 0 spiro atoms. The molecule has 1 aromatic carbocycles. The molecule has 0 aliphatic carbocycles. The summed E-state index contributed by atoms with van der Waals surface area (Å²) in [6, 6.07) is 4.37. The van der Waals surface area contributed by atoms with Gasteiger partial charge in [-0.2, -0.15) is 0 Å². The van der Waals surface area contributed by atoms with Crippen molar-refractivity contribution in [3.05, 3.63) is 23.8 Å². The van der Waals surface area contributed by atoms with Crippen molar-refractivity contribution in [2.24, 2.45) is 0 Å². The van der Waals surface area contributed by atoms with Gasteiger partial charge in [-0.05, 0) is 18.2 Å². The number of ether oxygens (including phenoxy) is 3. The van der Waals surface area contributed by atoms with E-state index in [1.165, 1.54) is 25.3 Å². The summed E-state index contributed by atoms with van der Waals surface area (Å²) in [5, 5.41) is 38.4. The van der Waals surface area contributed by atoms with Crippen molar-refractivity contribution in [1.29, 1.82) is 0 Å². The van der Waals surface area contributed by atoms with Crippen molar-refractivity contribution < 1.29 is 39.4 Å². The van der Waals surface area contributed by atoms with E-state index in [9.17, 15) is 20.1 Å². The highest BCUT2D eigenvalue weighted by molar-refractivity contribution is 5.76. The highest BCUT2D eigenvalue weighted by Gasteiger charge is 2.44. The third kappa shape index (κ3) is 3.21. The Kier molecular flexibility index (Phi) is 5.33. The van der Waals surface area contributed by atoms with E-state index in [0.29, 0.717) is 11.8 Å². The summed E-state index contributed by atoms with van der Waals surface area (Å²) in [6.07, 6.45) is -6.25. The number of carbonyl (C=O) groups is 1. The first-order valence-electron chi connectivity index (χ1n) is 6.62. The SMILES string of the molecule is COc1cc(C=O)ccc1O[C@@H]1O[C@@H](CO)[C@@H](O)[C@@H](O)[C@H]1O. The van der Waals surface area contributed by atoms with Crippen LogP contribution in [0.2, 0.25) is 0 Å². The standard InChI is InChI=1S/C14H18O8/c1-20-9-4-7(5-15)2-3-8(9)21-14-13(19)12(18)11(17)10(6-16)22-14/h2-5,10-14,16-19H,6H2,1H3/t10-,11+,12+,13+,14+/m0/s1. The lowest BCUT2D eigenvalue weighted by molar-refractivity contribution is -0.277. The first kappa shape index (κ1) is 16.7. The van der Waals surface area contributed by atoms with Gasteiger partial charge in [-0.15, -0.1) is 0 Å². The van der Waals surface area contributed by atoms with E-state index in [1.807, 2.05) is 0 Å². The molecule has 1 aliphatic rings. The summed E-state index contributed by atoms with van der Waals surface area (Å²) in [7, 11) is 1.38. The highest BCUT2D eigenvalue weighted by Crippen LogP contribution is 2.31. The van der Waals surface area contributed by atoms with Crippen molar-refractivity contribution >= 4 is 6.29 Å². The van der Waals surface area contributed by atoms with Crippen molar-refractivity contribution in [1.82, 2.24) is 0 Å². The summed E-state index contributed by atoms with van der Waals surface area (Å²) < 4.78 is 15.8. The molecule has 122 valence electrons. The smallest absolute Gasteiger partial charge is 0.229 e. The number of rotatable bonds is 5. The summed E-state index contributed by atoms with van der Waals surface area (Å²) in [6.45, 7) is -0.550. The molecule has 0 amide bonds. The number of aldehydes is 1. The predicted molar refractivity (Wildman–Crippen MR) is 72.8 cm³/mol. The van der Waals surface area contributed by atoms with Crippen LogP contribution in [0.5, 0.6) is 11.5 Å². The fraction of sp³-hybridized carbons (Fsp3) is 0.500. The van der Waals surface area contributed by atoms with Gasteiger partial charge in [0, 0.05) is 5.56 Å². The van der Waals surface area contributed by atoms with E-state index < -0.39 is 37.3 Å². The van der Waals surface area contributed by atoms with Gasteiger partial charge in [0.25, 0.3) is 0 Å². The van der Waals surface area contributed by atoms with Crippen LogP contribution in [0, 0.1) is 0 Å². The minimum Gasteiger partial charge on any atom is -0.493 e. The number of methoxy groups -OCH3 is 1. The number of carbonyl (C=O) groups excluding carboxylic acids is 1. The van der Waals surface area contributed by atoms with Crippen molar-refractivity contribution in [2.75, 3.05) is 13.7 Å². The maximum atomic E-state index is 10.7. The van der Waals surface area contributed by atoms with Gasteiger partial charge in [0.05, 0.1) is 13.7 Å². The average Bonchev–Trinajstić information content (AvgIpc) is 2.55. The van der Waals surface area contributed by atoms with Gasteiger partial charge in [-0.25, -0.2) is 0 Å². The Morgan fingerprint density at radius 1 is 1.18 bits per heavy atom. The van der Waals surface area contributed by atoms with Gasteiger partial charge in [0.15, 0.2) is 11.5 Å². The summed E-state index contributed by atoms with van der Waals surface area (Å²) in [5.74, 6) is 0.416. The zero-order chi connectivity index (χ0) is 16.3. The van der Waals surface area contributed by atoms with Crippen LogP contribution < -0.4 is 9.47 Å². The van der Waals surface area contributed by atoms with Gasteiger partial charge >= 0.3 is 0 Å². The predicted octanol–water partition coefficient (Wildman–Crippen LogP) is -1.31. The monoisotopic (exact) mass is 314 g/mol. The van der Waals surface area contributed by atoms with E-state index >= 15 is 0 Å². The van der Waals surface area contributed by atoms with Crippen molar-refractivity contribution in [2.45, 2.75) is 30.7 Å². The van der Waals surface area contributed by atoms with Crippen LogP contribution in [0.25, 0.3) is 0 Å². The molecule has 0 saturated carbocycles. The Morgan fingerprint density at radius 2 is 1.91 bits per heavy atom. The minimum absolute atomic E-state index is 0.178. The molecular weight excluding hydrogens is 296 g/mol. The van der Waals surface area contributed by atoms with Crippen molar-refractivity contribution in [3.63, 3.8) is 0 Å². The highest BCUT2D eigenvalue weighted by atomic mass is 16.7. The molecule has 1 fully saturated rings. The first-order chi connectivity index (χ1) is 10.5. The average molecular weight is 314 g/mol. The molecule has 1 aliphatic heterocycles. The van der Waals surface area contributed by atoms with Gasteiger partial charge in [0.1, 0.15) is 30.7 Å². The second-order valence-corrected chi connectivity index (χ2v) is 4.84. The third-order valence-corrected chi connectivity index (χ3v) is 3.42. The maximum Gasteiger partial charge on any atom is 0.229 e. The lowest BCUT2D eigenvalue weighted by atomic mass is 9.99. The van der Waals surface area contributed by atoms with Gasteiger partial charge in [-0.3, -0.25) is 4.79 Å². The van der Waals surface area contributed by atoms with E-state index in [-0.39, 0.29) is 11.5 Å². The molecule has 0 radical (unpaired) electrons. The number of aliphatic hydroxyl groups excluding tert-OH is 4. The molecule has 0 unspecified atom stereocenters. The maximum absolute atomic E-state index is 10.7. The molecule has 1 heterocycles. The Bertz CT molecular complexity index is 518. The summed E-state index contributed by atoms with van der Waals surface area (Å²) in [4.78, 5) is 10.7. The number of hydrogen-bond donors (Lipinski definition) is 4. The Balaban J connectivity index is 2.20. The second kappa shape index (κ2) is 7.03. The summed E-state index contributed by atoms with van der Waals surface area (Å²) >= 11 is 0. The topological polar surface area (TPSA) is 126 Å². The molecule has 0 bridgehead atoms. The van der Waals surface area contributed by atoms with Crippen LogP contribution in [-0.2, 0) is 4.74 Å². The van der Waals surface area contributed by atoms with E-state index in [0.717, 1.165) is 0 Å². The zero-order valence-corrected chi connectivity index (χ0v) is 11.8. The Labute approximate surface area is 126 Å². The molecule has 2 rings (SSSR count). The molecule has 1 saturated heterocycles. The molecule has 8 nitrogen and oxygen atoms in total. The molecule has 0 aromatic heterocycles. The molecule has 22 heavy (non-hydrogen) atoms. The van der Waals surface area contributed by atoms with Gasteiger partial charge < -0.3 is 34.6 Å².